The highest BCUT2D eigenvalue weighted by molar-refractivity contribution is 6.10. The highest BCUT2D eigenvalue weighted by Gasteiger charge is 2.14. The SMILES string of the molecule is Cc1cccc(NC(=O)c2ccccc2NC(=O)CNc2cccc([N+](=O)[O-])c2)c1. The molecule has 0 aliphatic carbocycles. The molecule has 3 aromatic rings. The summed E-state index contributed by atoms with van der Waals surface area (Å²) in [7, 11) is 0. The molecule has 3 N–H and O–H groups in total. The second-order valence-electron chi connectivity index (χ2n) is 6.58. The molecule has 0 aromatic heterocycles. The van der Waals surface area contributed by atoms with Crippen molar-refractivity contribution in [3.05, 3.63) is 94.0 Å². The predicted molar refractivity (Wildman–Crippen MR) is 116 cm³/mol. The summed E-state index contributed by atoms with van der Waals surface area (Å²) < 4.78 is 0. The third-order valence-corrected chi connectivity index (χ3v) is 4.23. The van der Waals surface area contributed by atoms with Gasteiger partial charge in [0.15, 0.2) is 0 Å². The Morgan fingerprint density at radius 1 is 0.900 bits per heavy atom. The van der Waals surface area contributed by atoms with Crippen molar-refractivity contribution in [2.24, 2.45) is 0 Å². The van der Waals surface area contributed by atoms with Crippen molar-refractivity contribution < 1.29 is 14.5 Å². The largest absolute Gasteiger partial charge is 0.376 e. The molecule has 0 saturated carbocycles. The van der Waals surface area contributed by atoms with Crippen LogP contribution in [0.15, 0.2) is 72.8 Å². The van der Waals surface area contributed by atoms with E-state index in [-0.39, 0.29) is 18.1 Å². The molecule has 3 rings (SSSR count). The van der Waals surface area contributed by atoms with E-state index in [9.17, 15) is 19.7 Å². The maximum atomic E-state index is 12.7. The number of nitrogens with zero attached hydrogens (tertiary/aromatic N) is 1. The van der Waals surface area contributed by atoms with Crippen molar-refractivity contribution >= 4 is 34.6 Å². The Labute approximate surface area is 173 Å². The van der Waals surface area contributed by atoms with Crippen LogP contribution in [-0.4, -0.2) is 23.3 Å². The minimum absolute atomic E-state index is 0.0708. The van der Waals surface area contributed by atoms with Crippen LogP contribution in [0.2, 0.25) is 0 Å². The summed E-state index contributed by atoms with van der Waals surface area (Å²) in [4.78, 5) is 35.3. The Hall–Kier alpha value is -4.20. The Morgan fingerprint density at radius 2 is 1.63 bits per heavy atom. The second kappa shape index (κ2) is 9.33. The molecule has 0 radical (unpaired) electrons. The lowest BCUT2D eigenvalue weighted by Crippen LogP contribution is -2.24. The number of amides is 2. The van der Waals surface area contributed by atoms with Crippen molar-refractivity contribution in [1.29, 1.82) is 0 Å². The molecule has 8 nitrogen and oxygen atoms in total. The van der Waals surface area contributed by atoms with Crippen LogP contribution >= 0.6 is 0 Å². The molecule has 3 aromatic carbocycles. The van der Waals surface area contributed by atoms with E-state index in [1.165, 1.54) is 18.2 Å². The quantitative estimate of drug-likeness (QED) is 0.403. The van der Waals surface area contributed by atoms with Crippen LogP contribution in [0.3, 0.4) is 0 Å². The molecule has 0 aliphatic rings. The zero-order valence-electron chi connectivity index (χ0n) is 16.2. The Morgan fingerprint density at radius 3 is 2.40 bits per heavy atom. The number of aryl methyl sites for hydroxylation is 1. The summed E-state index contributed by atoms with van der Waals surface area (Å²) in [5.74, 6) is -0.736. The molecule has 0 atom stereocenters. The van der Waals surface area contributed by atoms with Gasteiger partial charge in [-0.1, -0.05) is 30.3 Å². The fourth-order valence-corrected chi connectivity index (χ4v) is 2.82. The van der Waals surface area contributed by atoms with E-state index in [0.717, 1.165) is 5.56 Å². The van der Waals surface area contributed by atoms with Gasteiger partial charge >= 0.3 is 0 Å². The average Bonchev–Trinajstić information content (AvgIpc) is 2.73. The molecular weight excluding hydrogens is 384 g/mol. The average molecular weight is 404 g/mol. The minimum atomic E-state index is -0.506. The molecule has 30 heavy (non-hydrogen) atoms. The van der Waals surface area contributed by atoms with Crippen LogP contribution in [0.25, 0.3) is 0 Å². The predicted octanol–water partition coefficient (Wildman–Crippen LogP) is 4.21. The van der Waals surface area contributed by atoms with E-state index in [2.05, 4.69) is 16.0 Å². The van der Waals surface area contributed by atoms with E-state index >= 15 is 0 Å². The van der Waals surface area contributed by atoms with Crippen molar-refractivity contribution in [2.75, 3.05) is 22.5 Å². The van der Waals surface area contributed by atoms with Gasteiger partial charge in [0.25, 0.3) is 11.6 Å². The molecule has 2 amide bonds. The summed E-state index contributed by atoms with van der Waals surface area (Å²) in [5, 5.41) is 19.2. The summed E-state index contributed by atoms with van der Waals surface area (Å²) in [6, 6.07) is 20.0. The normalized spacial score (nSPS) is 10.2. The van der Waals surface area contributed by atoms with Gasteiger partial charge < -0.3 is 16.0 Å². The standard InChI is InChI=1S/C22H20N4O4/c1-15-6-4-8-17(12-15)24-22(28)19-10-2-3-11-20(19)25-21(27)14-23-16-7-5-9-18(13-16)26(29)30/h2-13,23H,14H2,1H3,(H,24,28)(H,25,27). The summed E-state index contributed by atoms with van der Waals surface area (Å²) in [6.07, 6.45) is 0. The molecular formula is C22H20N4O4. The molecule has 152 valence electrons. The minimum Gasteiger partial charge on any atom is -0.376 e. The number of nitrogens with one attached hydrogen (secondary N) is 3. The van der Waals surface area contributed by atoms with Crippen LogP contribution in [0.1, 0.15) is 15.9 Å². The van der Waals surface area contributed by atoms with Crippen molar-refractivity contribution in [3.63, 3.8) is 0 Å². The van der Waals surface area contributed by atoms with Crippen molar-refractivity contribution in [1.82, 2.24) is 0 Å². The highest BCUT2D eigenvalue weighted by Crippen LogP contribution is 2.19. The van der Waals surface area contributed by atoms with Gasteiger partial charge in [-0.25, -0.2) is 0 Å². The summed E-state index contributed by atoms with van der Waals surface area (Å²) in [6.45, 7) is 1.81. The van der Waals surface area contributed by atoms with Crippen molar-refractivity contribution in [3.8, 4) is 0 Å². The number of rotatable bonds is 7. The second-order valence-corrected chi connectivity index (χ2v) is 6.58. The van der Waals surface area contributed by atoms with Gasteiger partial charge in [0, 0.05) is 23.5 Å². The van der Waals surface area contributed by atoms with Crippen LogP contribution in [-0.2, 0) is 4.79 Å². The van der Waals surface area contributed by atoms with Gasteiger partial charge in [-0.2, -0.15) is 0 Å². The number of carbonyl (C=O) groups excluding carboxylic acids is 2. The van der Waals surface area contributed by atoms with E-state index in [4.69, 9.17) is 0 Å². The van der Waals surface area contributed by atoms with E-state index in [1.54, 1.807) is 36.4 Å². The molecule has 0 unspecified atom stereocenters. The Bertz CT molecular complexity index is 1100. The third-order valence-electron chi connectivity index (χ3n) is 4.23. The maximum Gasteiger partial charge on any atom is 0.271 e. The fraction of sp³-hybridized carbons (Fsp3) is 0.0909. The van der Waals surface area contributed by atoms with Crippen LogP contribution in [0.4, 0.5) is 22.7 Å². The molecule has 0 saturated heterocycles. The van der Waals surface area contributed by atoms with Crippen LogP contribution < -0.4 is 16.0 Å². The van der Waals surface area contributed by atoms with Crippen molar-refractivity contribution in [2.45, 2.75) is 6.92 Å². The van der Waals surface area contributed by atoms with E-state index < -0.39 is 10.8 Å². The number of carbonyl (C=O) groups is 2. The first kappa shape index (κ1) is 20.5. The van der Waals surface area contributed by atoms with Gasteiger partial charge in [0.05, 0.1) is 22.7 Å². The molecule has 0 fully saturated rings. The first-order valence-corrected chi connectivity index (χ1v) is 9.17. The summed E-state index contributed by atoms with van der Waals surface area (Å²) in [5.41, 5.74) is 2.75. The number of nitro benzene ring substituents is 1. The number of nitro groups is 1. The fourth-order valence-electron chi connectivity index (χ4n) is 2.82. The number of non-ortho nitro benzene ring substituents is 1. The molecule has 0 spiro atoms. The lowest BCUT2D eigenvalue weighted by Gasteiger charge is -2.12. The van der Waals surface area contributed by atoms with Crippen LogP contribution in [0, 0.1) is 17.0 Å². The molecule has 0 aliphatic heterocycles. The summed E-state index contributed by atoms with van der Waals surface area (Å²) >= 11 is 0. The van der Waals surface area contributed by atoms with E-state index in [1.807, 2.05) is 25.1 Å². The van der Waals surface area contributed by atoms with Crippen LogP contribution in [0.5, 0.6) is 0 Å². The third kappa shape index (κ3) is 5.41. The molecule has 0 heterocycles. The maximum absolute atomic E-state index is 12.7. The number of hydrogen-bond donors (Lipinski definition) is 3. The molecule has 8 heteroatoms. The van der Waals surface area contributed by atoms with Gasteiger partial charge in [0.2, 0.25) is 5.91 Å². The zero-order valence-corrected chi connectivity index (χ0v) is 16.2. The van der Waals surface area contributed by atoms with Gasteiger partial charge in [0.1, 0.15) is 0 Å². The first-order chi connectivity index (χ1) is 14.4. The Balaban J connectivity index is 1.65. The van der Waals surface area contributed by atoms with Gasteiger partial charge in [-0.05, 0) is 42.8 Å². The number of anilines is 3. The number of para-hydroxylation sites is 1. The zero-order chi connectivity index (χ0) is 21.5. The lowest BCUT2D eigenvalue weighted by molar-refractivity contribution is -0.384. The number of hydrogen-bond acceptors (Lipinski definition) is 5. The highest BCUT2D eigenvalue weighted by atomic mass is 16.6. The van der Waals surface area contributed by atoms with Gasteiger partial charge in [-0.3, -0.25) is 19.7 Å². The first-order valence-electron chi connectivity index (χ1n) is 9.17. The topological polar surface area (TPSA) is 113 Å². The Kier molecular flexibility index (Phi) is 6.39. The smallest absolute Gasteiger partial charge is 0.271 e. The lowest BCUT2D eigenvalue weighted by atomic mass is 10.1. The molecule has 0 bridgehead atoms. The van der Waals surface area contributed by atoms with Gasteiger partial charge in [-0.15, -0.1) is 0 Å². The monoisotopic (exact) mass is 404 g/mol. The van der Waals surface area contributed by atoms with E-state index in [0.29, 0.717) is 22.6 Å². The number of benzene rings is 3.